The number of fused-ring (bicyclic) bond motifs is 1. The fraction of sp³-hybridized carbons (Fsp3) is 0.643. The predicted molar refractivity (Wildman–Crippen MR) is 76.9 cm³/mol. The number of pyridine rings is 1. The van der Waals surface area contributed by atoms with Gasteiger partial charge in [-0.05, 0) is 45.2 Å². The van der Waals surface area contributed by atoms with Gasteiger partial charge >= 0.3 is 0 Å². The van der Waals surface area contributed by atoms with Gasteiger partial charge in [-0.2, -0.15) is 0 Å². The minimum Gasteiger partial charge on any atom is -0.367 e. The Morgan fingerprint density at radius 1 is 1.45 bits per heavy atom. The van der Waals surface area contributed by atoms with Gasteiger partial charge in [0.25, 0.3) is 5.69 Å². The monoisotopic (exact) mass is 276 g/mol. The van der Waals surface area contributed by atoms with Gasteiger partial charge in [0.15, 0.2) is 0 Å². The molecule has 1 aromatic heterocycles. The van der Waals surface area contributed by atoms with Gasteiger partial charge < -0.3 is 10.2 Å². The van der Waals surface area contributed by atoms with Crippen LogP contribution in [0.15, 0.2) is 12.3 Å². The molecule has 3 rings (SSSR count). The van der Waals surface area contributed by atoms with Crippen LogP contribution in [0, 0.1) is 17.0 Å². The first-order valence-corrected chi connectivity index (χ1v) is 7.25. The van der Waals surface area contributed by atoms with Crippen LogP contribution in [0.25, 0.3) is 0 Å². The topological polar surface area (TPSA) is 71.3 Å². The number of nitrogens with zero attached hydrogens (tertiary/aromatic N) is 3. The standard InChI is InChI=1S/C14H20N4O2/c1-10-7-14(15-9-13(10)18(19)20)16-11-4-6-17-5-2-3-12(17)8-11/h7,9,11-12H,2-6,8H2,1H3,(H,15,16). The zero-order chi connectivity index (χ0) is 14.1. The number of piperidine rings is 1. The highest BCUT2D eigenvalue weighted by molar-refractivity contribution is 5.47. The van der Waals surface area contributed by atoms with Crippen LogP contribution in [0.1, 0.15) is 31.2 Å². The SMILES string of the molecule is Cc1cc(NC2CCN3CCCC3C2)ncc1[N+](=O)[O-]. The molecule has 2 saturated heterocycles. The molecule has 0 aromatic carbocycles. The summed E-state index contributed by atoms with van der Waals surface area (Å²) in [6, 6.07) is 2.92. The van der Waals surface area contributed by atoms with Gasteiger partial charge in [0.2, 0.25) is 0 Å². The van der Waals surface area contributed by atoms with Crippen molar-refractivity contribution < 1.29 is 4.92 Å². The van der Waals surface area contributed by atoms with Crippen LogP contribution in [0.4, 0.5) is 11.5 Å². The second-order valence-electron chi connectivity index (χ2n) is 5.81. The molecule has 1 aromatic rings. The second-order valence-corrected chi connectivity index (χ2v) is 5.81. The summed E-state index contributed by atoms with van der Waals surface area (Å²) in [5.74, 6) is 0.754. The van der Waals surface area contributed by atoms with E-state index in [0.29, 0.717) is 17.6 Å². The number of nitrogens with one attached hydrogen (secondary N) is 1. The summed E-state index contributed by atoms with van der Waals surface area (Å²) in [4.78, 5) is 17.2. The molecule has 2 fully saturated rings. The van der Waals surface area contributed by atoms with Crippen molar-refractivity contribution in [1.29, 1.82) is 0 Å². The molecule has 2 atom stereocenters. The summed E-state index contributed by atoms with van der Waals surface area (Å²) in [6.07, 6.45) is 6.23. The molecule has 0 amide bonds. The zero-order valence-electron chi connectivity index (χ0n) is 11.7. The third-order valence-corrected chi connectivity index (χ3v) is 4.45. The molecule has 20 heavy (non-hydrogen) atoms. The first-order chi connectivity index (χ1) is 9.63. The Morgan fingerprint density at radius 2 is 2.30 bits per heavy atom. The molecular formula is C14H20N4O2. The van der Waals surface area contributed by atoms with E-state index in [-0.39, 0.29) is 10.6 Å². The van der Waals surface area contributed by atoms with Crippen LogP contribution in [0.5, 0.6) is 0 Å². The molecule has 6 nitrogen and oxygen atoms in total. The van der Waals surface area contributed by atoms with Crippen molar-refractivity contribution in [3.05, 3.63) is 27.9 Å². The first kappa shape index (κ1) is 13.3. The van der Waals surface area contributed by atoms with Crippen LogP contribution in [0.3, 0.4) is 0 Å². The third kappa shape index (κ3) is 2.60. The summed E-state index contributed by atoms with van der Waals surface area (Å²) in [7, 11) is 0. The molecule has 0 aliphatic carbocycles. The molecule has 2 aliphatic heterocycles. The highest BCUT2D eigenvalue weighted by atomic mass is 16.6. The molecule has 6 heteroatoms. The molecule has 108 valence electrons. The van der Waals surface area contributed by atoms with Crippen LogP contribution in [0.2, 0.25) is 0 Å². The fourth-order valence-electron chi connectivity index (χ4n) is 3.38. The van der Waals surface area contributed by atoms with Crippen molar-refractivity contribution in [3.8, 4) is 0 Å². The minimum atomic E-state index is -0.386. The number of hydrogen-bond acceptors (Lipinski definition) is 5. The quantitative estimate of drug-likeness (QED) is 0.677. The number of rotatable bonds is 3. The number of anilines is 1. The van der Waals surface area contributed by atoms with Gasteiger partial charge in [0.1, 0.15) is 12.0 Å². The van der Waals surface area contributed by atoms with E-state index < -0.39 is 0 Å². The Balaban J connectivity index is 1.66. The van der Waals surface area contributed by atoms with Gasteiger partial charge in [0.05, 0.1) is 4.92 Å². The van der Waals surface area contributed by atoms with E-state index in [4.69, 9.17) is 0 Å². The molecule has 3 heterocycles. The summed E-state index contributed by atoms with van der Waals surface area (Å²) in [5, 5.41) is 14.2. The van der Waals surface area contributed by atoms with Crippen LogP contribution < -0.4 is 5.32 Å². The maximum atomic E-state index is 10.8. The van der Waals surface area contributed by atoms with E-state index in [1.165, 1.54) is 25.6 Å². The van der Waals surface area contributed by atoms with Crippen molar-refractivity contribution >= 4 is 11.5 Å². The second kappa shape index (κ2) is 5.36. The normalized spacial score (nSPS) is 26.2. The Morgan fingerprint density at radius 3 is 3.05 bits per heavy atom. The number of nitro groups is 1. The molecule has 0 saturated carbocycles. The molecule has 0 radical (unpaired) electrons. The number of hydrogen-bond donors (Lipinski definition) is 1. The average Bonchev–Trinajstić information content (AvgIpc) is 2.85. The van der Waals surface area contributed by atoms with Crippen molar-refractivity contribution in [1.82, 2.24) is 9.88 Å². The lowest BCUT2D eigenvalue weighted by Crippen LogP contribution is -2.42. The van der Waals surface area contributed by atoms with Gasteiger partial charge in [-0.1, -0.05) is 0 Å². The Labute approximate surface area is 118 Å². The summed E-state index contributed by atoms with van der Waals surface area (Å²) in [5.41, 5.74) is 0.743. The summed E-state index contributed by atoms with van der Waals surface area (Å²) < 4.78 is 0. The molecular weight excluding hydrogens is 256 g/mol. The highest BCUT2D eigenvalue weighted by Gasteiger charge is 2.31. The molecule has 0 bridgehead atoms. The predicted octanol–water partition coefficient (Wildman–Crippen LogP) is 2.34. The summed E-state index contributed by atoms with van der Waals surface area (Å²) in [6.45, 7) is 4.14. The van der Waals surface area contributed by atoms with Gasteiger partial charge in [-0.15, -0.1) is 0 Å². The lowest BCUT2D eigenvalue weighted by molar-refractivity contribution is -0.385. The van der Waals surface area contributed by atoms with Crippen molar-refractivity contribution in [2.75, 3.05) is 18.4 Å². The first-order valence-electron chi connectivity index (χ1n) is 7.25. The fourth-order valence-corrected chi connectivity index (χ4v) is 3.38. The molecule has 2 unspecified atom stereocenters. The van der Waals surface area contributed by atoms with E-state index in [1.807, 2.05) is 0 Å². The Hall–Kier alpha value is -1.69. The highest BCUT2D eigenvalue weighted by Crippen LogP contribution is 2.28. The van der Waals surface area contributed by atoms with E-state index in [2.05, 4.69) is 15.2 Å². The van der Waals surface area contributed by atoms with Gasteiger partial charge in [0, 0.05) is 24.2 Å². The average molecular weight is 276 g/mol. The van der Waals surface area contributed by atoms with Crippen LogP contribution >= 0.6 is 0 Å². The minimum absolute atomic E-state index is 0.0844. The largest absolute Gasteiger partial charge is 0.367 e. The molecule has 0 spiro atoms. The van der Waals surface area contributed by atoms with E-state index >= 15 is 0 Å². The maximum absolute atomic E-state index is 10.8. The Bertz CT molecular complexity index is 520. The van der Waals surface area contributed by atoms with Crippen molar-refractivity contribution in [2.24, 2.45) is 0 Å². The maximum Gasteiger partial charge on any atom is 0.290 e. The van der Waals surface area contributed by atoms with E-state index in [0.717, 1.165) is 25.2 Å². The zero-order valence-corrected chi connectivity index (χ0v) is 11.7. The smallest absolute Gasteiger partial charge is 0.290 e. The van der Waals surface area contributed by atoms with Crippen LogP contribution in [-0.2, 0) is 0 Å². The van der Waals surface area contributed by atoms with E-state index in [1.54, 1.807) is 13.0 Å². The lowest BCUT2D eigenvalue weighted by Gasteiger charge is -2.35. The van der Waals surface area contributed by atoms with Gasteiger partial charge in [-0.25, -0.2) is 4.98 Å². The third-order valence-electron chi connectivity index (χ3n) is 4.45. The van der Waals surface area contributed by atoms with Crippen molar-refractivity contribution in [3.63, 3.8) is 0 Å². The van der Waals surface area contributed by atoms with Crippen LogP contribution in [-0.4, -0.2) is 40.0 Å². The van der Waals surface area contributed by atoms with Gasteiger partial charge in [-0.3, -0.25) is 10.1 Å². The number of aryl methyl sites for hydroxylation is 1. The van der Waals surface area contributed by atoms with E-state index in [9.17, 15) is 10.1 Å². The molecule has 2 aliphatic rings. The summed E-state index contributed by atoms with van der Waals surface area (Å²) >= 11 is 0. The Kier molecular flexibility index (Phi) is 3.56. The van der Waals surface area contributed by atoms with Crippen molar-refractivity contribution in [2.45, 2.75) is 44.7 Å². The lowest BCUT2D eigenvalue weighted by atomic mass is 9.97. The molecule has 1 N–H and O–H groups in total. The number of aromatic nitrogens is 1.